The van der Waals surface area contributed by atoms with Gasteiger partial charge in [0.05, 0.1) is 13.2 Å². The number of halogens is 1. The third kappa shape index (κ3) is 11.3. The topological polar surface area (TPSA) is 166 Å². The van der Waals surface area contributed by atoms with Crippen molar-refractivity contribution in [3.05, 3.63) is 91.0 Å². The normalized spacial score (nSPS) is 13.1. The van der Waals surface area contributed by atoms with Crippen LogP contribution in [0.4, 0.5) is 0 Å². The quantitative estimate of drug-likeness (QED) is 0.0577. The molecule has 50 heavy (non-hydrogen) atoms. The number of nitrogens with one attached hydrogen (secondary N) is 3. The van der Waals surface area contributed by atoms with Crippen LogP contribution in [0, 0.1) is 0 Å². The number of hydrogen-bond donors (Lipinski definition) is 4. The van der Waals surface area contributed by atoms with Gasteiger partial charge in [0.1, 0.15) is 6.04 Å². The number of carbonyl (C=O) groups excluding carboxylic acids is 5. The Morgan fingerprint density at radius 1 is 0.760 bits per heavy atom. The Balaban J connectivity index is 1.68. The Hall–Kier alpha value is -3.42. The summed E-state index contributed by atoms with van der Waals surface area (Å²) in [5, 5.41) is 8.13. The van der Waals surface area contributed by atoms with Crippen LogP contribution >= 0.6 is 42.4 Å². The molecule has 11 nitrogen and oxygen atoms in total. The molecule has 0 radical (unpaired) electrons. The predicted molar refractivity (Wildman–Crippen MR) is 207 cm³/mol. The average Bonchev–Trinajstić information content (AvgIpc) is 3.14. The Bertz CT molecular complexity index is 1480. The molecule has 0 heterocycles. The molecule has 3 aromatic carbocycles. The van der Waals surface area contributed by atoms with Crippen molar-refractivity contribution in [2.75, 3.05) is 37.6 Å². The van der Waals surface area contributed by atoms with E-state index in [-0.39, 0.29) is 50.0 Å². The summed E-state index contributed by atoms with van der Waals surface area (Å²) in [6.45, 7) is 3.27. The minimum atomic E-state index is -3.37. The number of amides is 3. The predicted octanol–water partition coefficient (Wildman–Crippen LogP) is 3.12. The van der Waals surface area contributed by atoms with E-state index in [4.69, 9.17) is 15.2 Å². The summed E-state index contributed by atoms with van der Waals surface area (Å²) in [5.41, 5.74) is 5.81. The fraction of sp³-hybridized carbons (Fsp3) is 0.343. The molecule has 0 fully saturated rings. The summed E-state index contributed by atoms with van der Waals surface area (Å²) < 4.78 is 9.75. The second-order valence-corrected chi connectivity index (χ2v) is 22.5. The summed E-state index contributed by atoms with van der Waals surface area (Å²) in [6, 6.07) is 28.3. The third-order valence-electron chi connectivity index (χ3n) is 7.60. The molecule has 0 aliphatic heterocycles. The fourth-order valence-corrected chi connectivity index (χ4v) is 13.9. The smallest absolute Gasteiger partial charge is 0.465 e. The zero-order valence-electron chi connectivity index (χ0n) is 28.0. The first-order chi connectivity index (χ1) is 24.0. The number of esters is 2. The van der Waals surface area contributed by atoms with Crippen molar-refractivity contribution in [3.63, 3.8) is 0 Å². The summed E-state index contributed by atoms with van der Waals surface area (Å²) >= 11 is 4.31. The Morgan fingerprint density at radius 2 is 1.28 bits per heavy atom. The molecule has 0 saturated carbocycles. The molecule has 0 aliphatic rings. The molecular weight excluding hydrogens is 763 g/mol. The fourth-order valence-electron chi connectivity index (χ4n) is 5.03. The van der Waals surface area contributed by atoms with Crippen LogP contribution in [0.15, 0.2) is 91.0 Å². The summed E-state index contributed by atoms with van der Waals surface area (Å²) in [4.78, 5) is 62.7. The first-order valence-electron chi connectivity index (χ1n) is 16.1. The molecule has 0 bridgehead atoms. The zero-order valence-corrected chi connectivity index (χ0v) is 32.2. The van der Waals surface area contributed by atoms with E-state index in [1.165, 1.54) is 21.6 Å². The minimum absolute atomic E-state index is 0.0253. The van der Waals surface area contributed by atoms with Gasteiger partial charge in [0.25, 0.3) is 0 Å². The van der Waals surface area contributed by atoms with Crippen LogP contribution in [0.2, 0.25) is 0 Å². The molecule has 2 atom stereocenters. The molecule has 0 unspecified atom stereocenters. The Labute approximate surface area is 309 Å². The number of rotatable bonds is 20. The first-order valence-corrected chi connectivity index (χ1v) is 23.0. The van der Waals surface area contributed by atoms with Gasteiger partial charge in [0.2, 0.25) is 0 Å². The van der Waals surface area contributed by atoms with Gasteiger partial charge in [0.15, 0.2) is 0 Å². The van der Waals surface area contributed by atoms with Crippen LogP contribution in [0.25, 0.3) is 0 Å². The molecule has 0 spiro atoms. The molecule has 5 N–H and O–H groups in total. The Kier molecular flexibility index (Phi) is 16.8. The maximum absolute atomic E-state index is 13.4. The Morgan fingerprint density at radius 3 is 1.78 bits per heavy atom. The number of benzene rings is 3. The molecule has 0 aliphatic carbocycles. The van der Waals surface area contributed by atoms with E-state index < -0.39 is 41.1 Å². The molecular formula is C35H44BrN4O7PS2. The summed E-state index contributed by atoms with van der Waals surface area (Å²) in [5.74, 6) is -2.37. The van der Waals surface area contributed by atoms with Gasteiger partial charge in [-0.25, -0.2) is 0 Å². The maximum atomic E-state index is 13.4. The van der Waals surface area contributed by atoms with Crippen LogP contribution in [-0.4, -0.2) is 79.3 Å². The third-order valence-corrected chi connectivity index (χ3v) is 19.2. The van der Waals surface area contributed by atoms with Crippen molar-refractivity contribution in [2.45, 2.75) is 38.8 Å². The van der Waals surface area contributed by atoms with Crippen LogP contribution in [0.1, 0.15) is 26.7 Å². The molecule has 3 rings (SSSR count). The van der Waals surface area contributed by atoms with E-state index in [9.17, 15) is 24.0 Å². The van der Waals surface area contributed by atoms with Gasteiger partial charge in [-0.3, -0.25) is 9.59 Å². The van der Waals surface area contributed by atoms with Crippen molar-refractivity contribution >= 4 is 88.0 Å². The second kappa shape index (κ2) is 20.4. The van der Waals surface area contributed by atoms with E-state index in [1.807, 2.05) is 54.6 Å². The number of carbonyl (C=O) groups is 5. The second-order valence-electron chi connectivity index (χ2n) is 11.0. The van der Waals surface area contributed by atoms with Gasteiger partial charge in [-0.05, 0) is 13.8 Å². The van der Waals surface area contributed by atoms with E-state index in [2.05, 4.69) is 67.8 Å². The van der Waals surface area contributed by atoms with Gasteiger partial charge in [-0.15, -0.1) is 0 Å². The van der Waals surface area contributed by atoms with Crippen molar-refractivity contribution in [2.24, 2.45) is 5.73 Å². The van der Waals surface area contributed by atoms with E-state index in [1.54, 1.807) is 13.8 Å². The van der Waals surface area contributed by atoms with Gasteiger partial charge >= 0.3 is 253 Å². The number of ether oxygens (including phenoxy) is 2. The SMILES string of the molecule is CCOC(=O)CNC(=O)[C@H](CSSCC(=O)NCP(Br)(c1ccccc1)(c1ccccc1)c1ccccc1)NC(=O)CC[C@H](N)C(=O)OCC. The molecule has 3 aromatic rings. The van der Waals surface area contributed by atoms with Crippen molar-refractivity contribution in [3.8, 4) is 0 Å². The van der Waals surface area contributed by atoms with E-state index in [0.29, 0.717) is 6.29 Å². The van der Waals surface area contributed by atoms with Gasteiger partial charge in [0, 0.05) is 0 Å². The monoisotopic (exact) mass is 806 g/mol. The molecule has 3 amide bonds. The molecule has 15 heteroatoms. The van der Waals surface area contributed by atoms with E-state index >= 15 is 0 Å². The number of hydrogen-bond acceptors (Lipinski definition) is 10. The molecule has 0 saturated heterocycles. The van der Waals surface area contributed by atoms with E-state index in [0.717, 1.165) is 15.9 Å². The van der Waals surface area contributed by atoms with Gasteiger partial charge in [-0.1, -0.05) is 0 Å². The first kappa shape index (κ1) is 41.0. The van der Waals surface area contributed by atoms with Crippen LogP contribution in [0.3, 0.4) is 0 Å². The van der Waals surface area contributed by atoms with Crippen molar-refractivity contribution in [1.29, 1.82) is 0 Å². The van der Waals surface area contributed by atoms with Crippen molar-refractivity contribution < 1.29 is 33.4 Å². The summed E-state index contributed by atoms with van der Waals surface area (Å²) in [7, 11) is 2.46. The van der Waals surface area contributed by atoms with Gasteiger partial charge < -0.3 is 15.2 Å². The van der Waals surface area contributed by atoms with Crippen molar-refractivity contribution in [1.82, 2.24) is 16.0 Å². The van der Waals surface area contributed by atoms with Crippen LogP contribution in [-0.2, 0) is 33.4 Å². The minimum Gasteiger partial charge on any atom is -0.465 e. The standard InChI is InChI=1S/C35H44BrN4O7PS2/c1-3-46-33(43)22-38-34(44)30(40-31(41)21-20-29(37)35(45)47-4-2)23-49-50-24-32(42)39-25-48(36,26-14-8-5-9-15-26,27-16-10-6-11-17-27)28-18-12-7-13-19-28/h5-19,29-30H,3-4,20-25,37H2,1-2H3,(H,38,44)(H,39,42)(H,40,41)/t29-,30-/m0/s1. The zero-order chi connectivity index (χ0) is 36.4. The number of nitrogens with two attached hydrogens (primary N) is 1. The van der Waals surface area contributed by atoms with Crippen LogP contribution < -0.4 is 37.6 Å². The van der Waals surface area contributed by atoms with Crippen LogP contribution in [0.5, 0.6) is 0 Å². The molecule has 0 aromatic heterocycles. The van der Waals surface area contributed by atoms with Gasteiger partial charge in [-0.2, -0.15) is 0 Å². The molecule has 270 valence electrons. The average molecular weight is 808 g/mol. The summed E-state index contributed by atoms with van der Waals surface area (Å²) in [6.07, 6.45) is 0.221.